The lowest BCUT2D eigenvalue weighted by Gasteiger charge is -2.28. The smallest absolute Gasteiger partial charge is 0.261 e. The van der Waals surface area contributed by atoms with E-state index in [1.165, 1.54) is 5.01 Å². The molecular weight excluding hydrogens is 476 g/mol. The van der Waals surface area contributed by atoms with Crippen LogP contribution in [0.15, 0.2) is 66.7 Å². The van der Waals surface area contributed by atoms with Crippen LogP contribution in [-0.2, 0) is 20.8 Å². The Balaban J connectivity index is 1.58. The number of hydrogen-bond donors (Lipinski definition) is 2. The zero-order valence-corrected chi connectivity index (χ0v) is 20.9. The number of amides is 3. The molecule has 0 saturated carbocycles. The van der Waals surface area contributed by atoms with Crippen molar-refractivity contribution < 1.29 is 23.2 Å². The minimum absolute atomic E-state index is 0.0398. The van der Waals surface area contributed by atoms with E-state index < -0.39 is 35.4 Å². The molecule has 6 nitrogen and oxygen atoms in total. The number of carbonyl (C=O) groups is 3. The molecule has 3 aromatic rings. The SMILES string of the molecule is CC(C)C[C@H](NC(=O)Cc1cc(F)cc(F)c1)C(=O)NN1C(=O)C(C)c2ccccc2-c2ccccc21. The fourth-order valence-corrected chi connectivity index (χ4v) is 4.61. The van der Waals surface area contributed by atoms with Gasteiger partial charge in [-0.15, -0.1) is 0 Å². The summed E-state index contributed by atoms with van der Waals surface area (Å²) in [4.78, 5) is 39.7. The molecule has 4 rings (SSSR count). The van der Waals surface area contributed by atoms with Gasteiger partial charge < -0.3 is 5.32 Å². The van der Waals surface area contributed by atoms with Crippen LogP contribution in [0.4, 0.5) is 14.5 Å². The van der Waals surface area contributed by atoms with E-state index in [4.69, 9.17) is 0 Å². The number of rotatable bonds is 7. The van der Waals surface area contributed by atoms with Gasteiger partial charge in [0.2, 0.25) is 5.91 Å². The van der Waals surface area contributed by atoms with Gasteiger partial charge in [0.25, 0.3) is 11.8 Å². The first-order valence-corrected chi connectivity index (χ1v) is 12.2. The molecule has 0 aliphatic carbocycles. The van der Waals surface area contributed by atoms with Crippen molar-refractivity contribution in [1.29, 1.82) is 0 Å². The molecule has 1 unspecified atom stereocenters. The third-order valence-corrected chi connectivity index (χ3v) is 6.32. The monoisotopic (exact) mass is 505 g/mol. The molecule has 1 aliphatic heterocycles. The summed E-state index contributed by atoms with van der Waals surface area (Å²) in [5, 5.41) is 3.93. The first-order chi connectivity index (χ1) is 17.6. The third-order valence-electron chi connectivity index (χ3n) is 6.32. The zero-order chi connectivity index (χ0) is 26.7. The Morgan fingerprint density at radius 3 is 2.24 bits per heavy atom. The number of nitrogens with one attached hydrogen (secondary N) is 2. The average Bonchev–Trinajstić information content (AvgIpc) is 2.92. The maximum atomic E-state index is 13.5. The molecule has 0 bridgehead atoms. The van der Waals surface area contributed by atoms with Gasteiger partial charge in [0, 0.05) is 11.6 Å². The molecule has 0 fully saturated rings. The second kappa shape index (κ2) is 10.9. The number of fused-ring (bicyclic) bond motifs is 3. The van der Waals surface area contributed by atoms with Crippen LogP contribution in [0.2, 0.25) is 0 Å². The molecule has 3 aromatic carbocycles. The first-order valence-electron chi connectivity index (χ1n) is 12.2. The van der Waals surface area contributed by atoms with Gasteiger partial charge in [-0.1, -0.05) is 56.3 Å². The van der Waals surface area contributed by atoms with Crippen molar-refractivity contribution in [3.63, 3.8) is 0 Å². The topological polar surface area (TPSA) is 78.5 Å². The summed E-state index contributed by atoms with van der Waals surface area (Å²) in [6, 6.07) is 16.8. The van der Waals surface area contributed by atoms with Crippen LogP contribution in [0, 0.1) is 17.6 Å². The number of halogens is 2. The summed E-state index contributed by atoms with van der Waals surface area (Å²) < 4.78 is 27.1. The molecule has 0 spiro atoms. The van der Waals surface area contributed by atoms with E-state index in [1.54, 1.807) is 19.1 Å². The minimum atomic E-state index is -0.966. The van der Waals surface area contributed by atoms with Crippen LogP contribution >= 0.6 is 0 Å². The molecule has 2 atom stereocenters. The molecular formula is C29H29F2N3O3. The van der Waals surface area contributed by atoms with Crippen molar-refractivity contribution in [2.24, 2.45) is 5.92 Å². The second-order valence-electron chi connectivity index (χ2n) is 9.68. The lowest BCUT2D eigenvalue weighted by Crippen LogP contribution is -2.55. The normalized spacial score (nSPS) is 15.5. The van der Waals surface area contributed by atoms with E-state index in [-0.39, 0.29) is 23.8 Å². The maximum absolute atomic E-state index is 13.5. The van der Waals surface area contributed by atoms with Crippen LogP contribution < -0.4 is 15.8 Å². The highest BCUT2D eigenvalue weighted by atomic mass is 19.1. The second-order valence-corrected chi connectivity index (χ2v) is 9.68. The van der Waals surface area contributed by atoms with Crippen molar-refractivity contribution in [3.8, 4) is 11.1 Å². The fraction of sp³-hybridized carbons (Fsp3) is 0.276. The summed E-state index contributed by atoms with van der Waals surface area (Å²) >= 11 is 0. The first kappa shape index (κ1) is 26.0. The van der Waals surface area contributed by atoms with Gasteiger partial charge in [-0.05, 0) is 54.2 Å². The number of anilines is 1. The van der Waals surface area contributed by atoms with E-state index in [1.807, 2.05) is 50.2 Å². The maximum Gasteiger partial charge on any atom is 0.261 e. The Morgan fingerprint density at radius 2 is 1.57 bits per heavy atom. The third kappa shape index (κ3) is 5.85. The summed E-state index contributed by atoms with van der Waals surface area (Å²) in [5.74, 6) is -3.48. The Labute approximate surface area is 214 Å². The largest absolute Gasteiger partial charge is 0.344 e. The molecule has 8 heteroatoms. The highest BCUT2D eigenvalue weighted by molar-refractivity contribution is 6.06. The van der Waals surface area contributed by atoms with Crippen LogP contribution in [0.25, 0.3) is 11.1 Å². The number of hydrogen-bond acceptors (Lipinski definition) is 3. The summed E-state index contributed by atoms with van der Waals surface area (Å²) in [7, 11) is 0. The molecule has 1 heterocycles. The quantitative estimate of drug-likeness (QED) is 0.480. The van der Waals surface area contributed by atoms with Crippen molar-refractivity contribution in [2.45, 2.75) is 45.6 Å². The van der Waals surface area contributed by atoms with Gasteiger partial charge in [0.1, 0.15) is 17.7 Å². The summed E-state index contributed by atoms with van der Waals surface area (Å²) in [6.07, 6.45) is 0.00290. The molecule has 2 N–H and O–H groups in total. The number of carbonyl (C=O) groups excluding carboxylic acids is 3. The van der Waals surface area contributed by atoms with E-state index >= 15 is 0 Å². The summed E-state index contributed by atoms with van der Waals surface area (Å²) in [6.45, 7) is 5.59. The highest BCUT2D eigenvalue weighted by Gasteiger charge is 2.34. The van der Waals surface area contributed by atoms with Gasteiger partial charge in [0.15, 0.2) is 0 Å². The van der Waals surface area contributed by atoms with Crippen molar-refractivity contribution in [1.82, 2.24) is 10.7 Å². The molecule has 3 amide bonds. The Hall–Kier alpha value is -4.07. The van der Waals surface area contributed by atoms with Crippen LogP contribution in [-0.4, -0.2) is 23.8 Å². The van der Waals surface area contributed by atoms with E-state index in [0.29, 0.717) is 12.1 Å². The van der Waals surface area contributed by atoms with E-state index in [0.717, 1.165) is 34.9 Å². The Kier molecular flexibility index (Phi) is 7.66. The van der Waals surface area contributed by atoms with E-state index in [9.17, 15) is 23.2 Å². The minimum Gasteiger partial charge on any atom is -0.344 e. The van der Waals surface area contributed by atoms with Gasteiger partial charge in [0.05, 0.1) is 18.0 Å². The van der Waals surface area contributed by atoms with Gasteiger partial charge in [-0.2, -0.15) is 0 Å². The molecule has 0 saturated heterocycles. The Morgan fingerprint density at radius 1 is 0.946 bits per heavy atom. The molecule has 0 aromatic heterocycles. The van der Waals surface area contributed by atoms with Crippen LogP contribution in [0.3, 0.4) is 0 Å². The Bertz CT molecular complexity index is 1320. The van der Waals surface area contributed by atoms with Crippen LogP contribution in [0.5, 0.6) is 0 Å². The highest BCUT2D eigenvalue weighted by Crippen LogP contribution is 2.40. The molecule has 1 aliphatic rings. The average molecular weight is 506 g/mol. The van der Waals surface area contributed by atoms with E-state index in [2.05, 4.69) is 10.7 Å². The molecule has 0 radical (unpaired) electrons. The predicted molar refractivity (Wildman–Crippen MR) is 137 cm³/mol. The fourth-order valence-electron chi connectivity index (χ4n) is 4.61. The van der Waals surface area contributed by atoms with Crippen molar-refractivity contribution >= 4 is 23.4 Å². The standard InChI is InChI=1S/C29H29F2N3O3/c1-17(2)12-25(32-27(35)15-19-13-20(30)16-21(31)14-19)28(36)33-34-26-11-7-6-10-24(26)23-9-5-4-8-22(23)18(3)29(34)37/h4-11,13-14,16-18,25H,12,15H2,1-3H3,(H,32,35)(H,33,36)/t18?,25-/m0/s1. The number of para-hydroxylation sites is 1. The lowest BCUT2D eigenvalue weighted by molar-refractivity contribution is -0.130. The van der Waals surface area contributed by atoms with Gasteiger partial charge >= 0.3 is 0 Å². The van der Waals surface area contributed by atoms with Gasteiger partial charge in [-0.25, -0.2) is 13.8 Å². The lowest BCUT2D eigenvalue weighted by atomic mass is 9.92. The number of nitrogens with zero attached hydrogens (tertiary/aromatic N) is 1. The number of hydrazine groups is 1. The molecule has 37 heavy (non-hydrogen) atoms. The van der Waals surface area contributed by atoms with Gasteiger partial charge in [-0.3, -0.25) is 19.8 Å². The van der Waals surface area contributed by atoms with Crippen LogP contribution in [0.1, 0.15) is 44.2 Å². The summed E-state index contributed by atoms with van der Waals surface area (Å²) in [5.41, 5.74) is 5.98. The van der Waals surface area contributed by atoms with Crippen molar-refractivity contribution in [3.05, 3.63) is 89.5 Å². The van der Waals surface area contributed by atoms with Crippen molar-refractivity contribution in [2.75, 3.05) is 5.01 Å². The number of benzene rings is 3. The zero-order valence-electron chi connectivity index (χ0n) is 20.9. The molecule has 192 valence electrons. The predicted octanol–water partition coefficient (Wildman–Crippen LogP) is 4.89.